The molecule has 1 fully saturated rings. The number of aromatic nitrogens is 2. The van der Waals surface area contributed by atoms with Crippen molar-refractivity contribution in [2.75, 3.05) is 41.3 Å². The van der Waals surface area contributed by atoms with Crippen LogP contribution in [0, 0.1) is 18.3 Å². The Morgan fingerprint density at radius 1 is 0.964 bits per heavy atom. The predicted octanol–water partition coefficient (Wildman–Crippen LogP) is 3.73. The summed E-state index contributed by atoms with van der Waals surface area (Å²) in [6.45, 7) is 5.87. The van der Waals surface area contributed by atoms with Gasteiger partial charge in [-0.2, -0.15) is 10.2 Å². The highest BCUT2D eigenvalue weighted by Crippen LogP contribution is 2.21. The van der Waals surface area contributed by atoms with E-state index in [1.165, 1.54) is 11.3 Å². The molecule has 0 aliphatic carbocycles. The first-order chi connectivity index (χ1) is 13.7. The van der Waals surface area contributed by atoms with E-state index in [2.05, 4.69) is 62.3 Å². The minimum atomic E-state index is 0.536. The molecule has 0 radical (unpaired) electrons. The molecule has 3 aromatic rings. The lowest BCUT2D eigenvalue weighted by atomic mass is 10.2. The number of benzene rings is 2. The Kier molecular flexibility index (Phi) is 5.07. The van der Waals surface area contributed by atoms with Gasteiger partial charge < -0.3 is 15.1 Å². The van der Waals surface area contributed by atoms with E-state index in [1.807, 2.05) is 18.2 Å². The number of hydrogen-bond acceptors (Lipinski definition) is 6. The van der Waals surface area contributed by atoms with Gasteiger partial charge in [0, 0.05) is 43.8 Å². The van der Waals surface area contributed by atoms with Gasteiger partial charge in [0.05, 0.1) is 11.6 Å². The van der Waals surface area contributed by atoms with Gasteiger partial charge in [0.2, 0.25) is 5.95 Å². The van der Waals surface area contributed by atoms with E-state index in [0.717, 1.165) is 37.7 Å². The lowest BCUT2D eigenvalue weighted by Gasteiger charge is -2.36. The first-order valence-electron chi connectivity index (χ1n) is 9.38. The molecule has 28 heavy (non-hydrogen) atoms. The molecule has 1 aromatic heterocycles. The molecule has 0 unspecified atom stereocenters. The third kappa shape index (κ3) is 4.04. The highest BCUT2D eigenvalue weighted by Gasteiger charge is 2.19. The highest BCUT2D eigenvalue weighted by molar-refractivity contribution is 5.58. The van der Waals surface area contributed by atoms with Crippen LogP contribution in [-0.4, -0.2) is 36.1 Å². The number of piperazine rings is 1. The maximum absolute atomic E-state index is 9.04. The van der Waals surface area contributed by atoms with E-state index in [1.54, 1.807) is 18.3 Å². The largest absolute Gasteiger partial charge is 0.368 e. The Morgan fingerprint density at radius 3 is 2.54 bits per heavy atom. The summed E-state index contributed by atoms with van der Waals surface area (Å²) < 4.78 is 0. The second kappa shape index (κ2) is 7.97. The van der Waals surface area contributed by atoms with Gasteiger partial charge in [0.15, 0.2) is 0 Å². The fourth-order valence-corrected chi connectivity index (χ4v) is 3.40. The van der Waals surface area contributed by atoms with Crippen LogP contribution in [0.1, 0.15) is 11.1 Å². The molecule has 1 aliphatic rings. The third-order valence-electron chi connectivity index (χ3n) is 4.86. The van der Waals surface area contributed by atoms with Crippen molar-refractivity contribution in [3.05, 3.63) is 71.9 Å². The summed E-state index contributed by atoms with van der Waals surface area (Å²) in [5.41, 5.74) is 3.97. The van der Waals surface area contributed by atoms with Crippen LogP contribution in [0.4, 0.5) is 23.1 Å². The normalized spacial score (nSPS) is 13.9. The predicted molar refractivity (Wildman–Crippen MR) is 112 cm³/mol. The summed E-state index contributed by atoms with van der Waals surface area (Å²) in [5.74, 6) is 1.45. The molecule has 140 valence electrons. The monoisotopic (exact) mass is 370 g/mol. The fraction of sp³-hybridized carbons (Fsp3) is 0.227. The van der Waals surface area contributed by atoms with E-state index in [4.69, 9.17) is 5.26 Å². The number of hydrogen-bond donors (Lipinski definition) is 1. The maximum Gasteiger partial charge on any atom is 0.229 e. The summed E-state index contributed by atoms with van der Waals surface area (Å²) >= 11 is 0. The lowest BCUT2D eigenvalue weighted by molar-refractivity contribution is 0.647. The number of rotatable bonds is 4. The van der Waals surface area contributed by atoms with Crippen molar-refractivity contribution < 1.29 is 0 Å². The second-order valence-corrected chi connectivity index (χ2v) is 6.87. The van der Waals surface area contributed by atoms with Crippen LogP contribution in [0.15, 0.2) is 60.8 Å². The molecule has 0 amide bonds. The Hall–Kier alpha value is -3.59. The summed E-state index contributed by atoms with van der Waals surface area (Å²) in [5, 5.41) is 12.2. The zero-order valence-corrected chi connectivity index (χ0v) is 15.8. The number of anilines is 4. The Labute approximate surface area is 165 Å². The van der Waals surface area contributed by atoms with Gasteiger partial charge in [0.25, 0.3) is 0 Å². The molecule has 0 bridgehead atoms. The summed E-state index contributed by atoms with van der Waals surface area (Å²) in [4.78, 5) is 13.7. The summed E-state index contributed by atoms with van der Waals surface area (Å²) in [7, 11) is 0. The van der Waals surface area contributed by atoms with Gasteiger partial charge in [-0.3, -0.25) is 0 Å². The molecule has 6 heteroatoms. The average Bonchev–Trinajstić information content (AvgIpc) is 2.74. The van der Waals surface area contributed by atoms with Gasteiger partial charge in [-0.15, -0.1) is 0 Å². The van der Waals surface area contributed by atoms with Crippen molar-refractivity contribution in [2.45, 2.75) is 6.92 Å². The van der Waals surface area contributed by atoms with Gasteiger partial charge >= 0.3 is 0 Å². The second-order valence-electron chi connectivity index (χ2n) is 6.87. The number of aryl methyl sites for hydroxylation is 1. The molecular formula is C22H22N6. The van der Waals surface area contributed by atoms with Crippen molar-refractivity contribution in [1.29, 1.82) is 5.26 Å². The highest BCUT2D eigenvalue weighted by atomic mass is 15.3. The standard InChI is InChI=1S/C22H22N6/c1-17-4-2-7-20(14-17)27-10-12-28(13-11-27)21-8-9-24-22(26-21)25-19-6-3-5-18(15-19)16-23/h2-9,14-15H,10-13H2,1H3,(H,24,25,26). The zero-order valence-electron chi connectivity index (χ0n) is 15.8. The molecule has 2 aromatic carbocycles. The number of nitrogens with one attached hydrogen (secondary N) is 1. The van der Waals surface area contributed by atoms with E-state index in [0.29, 0.717) is 11.5 Å². The molecule has 2 heterocycles. The Balaban J connectivity index is 1.43. The van der Waals surface area contributed by atoms with Gasteiger partial charge in [-0.1, -0.05) is 18.2 Å². The van der Waals surface area contributed by atoms with Gasteiger partial charge in [0.1, 0.15) is 5.82 Å². The van der Waals surface area contributed by atoms with Crippen molar-refractivity contribution in [2.24, 2.45) is 0 Å². The molecule has 4 rings (SSSR count). The van der Waals surface area contributed by atoms with E-state index in [9.17, 15) is 0 Å². The third-order valence-corrected chi connectivity index (χ3v) is 4.86. The molecule has 0 spiro atoms. The molecule has 1 saturated heterocycles. The molecule has 1 N–H and O–H groups in total. The van der Waals surface area contributed by atoms with Crippen LogP contribution < -0.4 is 15.1 Å². The van der Waals surface area contributed by atoms with Crippen LogP contribution in [-0.2, 0) is 0 Å². The van der Waals surface area contributed by atoms with Crippen LogP contribution in [0.3, 0.4) is 0 Å². The number of nitrogens with zero attached hydrogens (tertiary/aromatic N) is 5. The molecule has 1 aliphatic heterocycles. The lowest BCUT2D eigenvalue weighted by Crippen LogP contribution is -2.46. The smallest absolute Gasteiger partial charge is 0.229 e. The van der Waals surface area contributed by atoms with E-state index in [-0.39, 0.29) is 0 Å². The van der Waals surface area contributed by atoms with E-state index >= 15 is 0 Å². The Bertz CT molecular complexity index is 1000. The first kappa shape index (κ1) is 17.8. The molecule has 0 atom stereocenters. The number of nitriles is 1. The van der Waals surface area contributed by atoms with Gasteiger partial charge in [-0.05, 0) is 48.9 Å². The van der Waals surface area contributed by atoms with Crippen LogP contribution in [0.5, 0.6) is 0 Å². The van der Waals surface area contributed by atoms with Crippen molar-refractivity contribution >= 4 is 23.1 Å². The zero-order chi connectivity index (χ0) is 19.3. The summed E-state index contributed by atoms with van der Waals surface area (Å²) in [6, 6.07) is 20.0. The quantitative estimate of drug-likeness (QED) is 0.755. The minimum Gasteiger partial charge on any atom is -0.368 e. The molecule has 6 nitrogen and oxygen atoms in total. The SMILES string of the molecule is Cc1cccc(N2CCN(c3ccnc(Nc4cccc(C#N)c4)n3)CC2)c1. The van der Waals surface area contributed by atoms with Crippen molar-refractivity contribution in [1.82, 2.24) is 9.97 Å². The maximum atomic E-state index is 9.04. The van der Waals surface area contributed by atoms with E-state index < -0.39 is 0 Å². The first-order valence-corrected chi connectivity index (χ1v) is 9.38. The van der Waals surface area contributed by atoms with Crippen LogP contribution in [0.2, 0.25) is 0 Å². The van der Waals surface area contributed by atoms with Crippen LogP contribution >= 0.6 is 0 Å². The fourth-order valence-electron chi connectivity index (χ4n) is 3.40. The Morgan fingerprint density at radius 2 is 1.75 bits per heavy atom. The average molecular weight is 370 g/mol. The van der Waals surface area contributed by atoms with Gasteiger partial charge in [-0.25, -0.2) is 4.98 Å². The topological polar surface area (TPSA) is 68.1 Å². The van der Waals surface area contributed by atoms with Crippen molar-refractivity contribution in [3.63, 3.8) is 0 Å². The molecule has 0 saturated carbocycles. The van der Waals surface area contributed by atoms with Crippen molar-refractivity contribution in [3.8, 4) is 6.07 Å². The van der Waals surface area contributed by atoms with Crippen LogP contribution in [0.25, 0.3) is 0 Å². The summed E-state index contributed by atoms with van der Waals surface area (Å²) in [6.07, 6.45) is 1.77. The minimum absolute atomic E-state index is 0.536. The molecular weight excluding hydrogens is 348 g/mol.